The second kappa shape index (κ2) is 6.64. The van der Waals surface area contributed by atoms with Gasteiger partial charge in [0, 0.05) is 18.8 Å². The van der Waals surface area contributed by atoms with Crippen LogP contribution < -0.4 is 5.32 Å². The number of anilines is 1. The fraction of sp³-hybridized carbons (Fsp3) is 0.353. The summed E-state index contributed by atoms with van der Waals surface area (Å²) < 4.78 is 5.15. The van der Waals surface area contributed by atoms with Gasteiger partial charge in [0.25, 0.3) is 5.91 Å². The lowest BCUT2D eigenvalue weighted by atomic mass is 9.97. The van der Waals surface area contributed by atoms with Crippen molar-refractivity contribution >= 4 is 17.6 Å². The second-order valence-electron chi connectivity index (χ2n) is 5.72. The van der Waals surface area contributed by atoms with Crippen LogP contribution in [0.15, 0.2) is 41.0 Å². The molecule has 0 aromatic carbocycles. The van der Waals surface area contributed by atoms with Crippen molar-refractivity contribution in [3.8, 4) is 0 Å². The number of nitrogens with one attached hydrogen (secondary N) is 1. The summed E-state index contributed by atoms with van der Waals surface area (Å²) in [5.74, 6) is 0.363. The maximum atomic E-state index is 12.4. The lowest BCUT2D eigenvalue weighted by Crippen LogP contribution is -2.43. The van der Waals surface area contributed by atoms with Gasteiger partial charge in [-0.25, -0.2) is 4.98 Å². The smallest absolute Gasteiger partial charge is 0.289 e. The number of hydrogen-bond donors (Lipinski definition) is 1. The Morgan fingerprint density at radius 1 is 1.30 bits per heavy atom. The van der Waals surface area contributed by atoms with Gasteiger partial charge in [-0.15, -0.1) is 0 Å². The Labute approximate surface area is 134 Å². The number of carbonyl (C=O) groups is 2. The van der Waals surface area contributed by atoms with Gasteiger partial charge in [-0.05, 0) is 44.0 Å². The largest absolute Gasteiger partial charge is 0.459 e. The highest BCUT2D eigenvalue weighted by Gasteiger charge is 2.30. The zero-order valence-electron chi connectivity index (χ0n) is 13.0. The predicted octanol–water partition coefficient (Wildman–Crippen LogP) is 2.47. The van der Waals surface area contributed by atoms with Crippen molar-refractivity contribution < 1.29 is 14.0 Å². The molecule has 2 amide bonds. The van der Waals surface area contributed by atoms with Crippen LogP contribution >= 0.6 is 0 Å². The van der Waals surface area contributed by atoms with E-state index in [2.05, 4.69) is 10.3 Å². The Morgan fingerprint density at radius 3 is 2.91 bits per heavy atom. The molecule has 0 bridgehead atoms. The monoisotopic (exact) mass is 313 g/mol. The molecule has 23 heavy (non-hydrogen) atoms. The molecule has 0 saturated carbocycles. The second-order valence-corrected chi connectivity index (χ2v) is 5.72. The molecule has 1 aliphatic rings. The molecule has 0 spiro atoms. The minimum Gasteiger partial charge on any atom is -0.459 e. The average Bonchev–Trinajstić information content (AvgIpc) is 3.09. The minimum absolute atomic E-state index is 0.0972. The van der Waals surface area contributed by atoms with E-state index < -0.39 is 0 Å². The molecule has 6 heteroatoms. The van der Waals surface area contributed by atoms with Gasteiger partial charge in [-0.3, -0.25) is 9.59 Å². The van der Waals surface area contributed by atoms with E-state index in [1.807, 2.05) is 19.1 Å². The number of aromatic nitrogens is 1. The van der Waals surface area contributed by atoms with Gasteiger partial charge < -0.3 is 14.6 Å². The Balaban J connectivity index is 1.64. The fourth-order valence-corrected chi connectivity index (χ4v) is 2.77. The molecule has 120 valence electrons. The third kappa shape index (κ3) is 3.59. The molecule has 1 unspecified atom stereocenters. The van der Waals surface area contributed by atoms with Crippen molar-refractivity contribution in [2.24, 2.45) is 5.92 Å². The first kappa shape index (κ1) is 15.3. The zero-order chi connectivity index (χ0) is 16.2. The molecule has 1 aliphatic heterocycles. The number of likely N-dealkylation sites (tertiary alicyclic amines) is 1. The molecule has 0 radical (unpaired) electrons. The number of piperidine rings is 1. The fourth-order valence-electron chi connectivity index (χ4n) is 2.77. The van der Waals surface area contributed by atoms with Crippen LogP contribution in [0.3, 0.4) is 0 Å². The van der Waals surface area contributed by atoms with E-state index in [0.29, 0.717) is 24.7 Å². The minimum atomic E-state index is -0.232. The number of carbonyl (C=O) groups excluding carboxylic acids is 2. The molecular weight excluding hydrogens is 294 g/mol. The van der Waals surface area contributed by atoms with E-state index in [1.54, 1.807) is 23.1 Å². The highest BCUT2D eigenvalue weighted by molar-refractivity contribution is 5.94. The molecular formula is C17H19N3O3. The summed E-state index contributed by atoms with van der Waals surface area (Å²) in [5, 5.41) is 2.84. The first-order chi connectivity index (χ1) is 11.1. The number of amides is 2. The molecule has 2 aromatic rings. The Hall–Kier alpha value is -2.63. The summed E-state index contributed by atoms with van der Waals surface area (Å²) in [7, 11) is 0. The van der Waals surface area contributed by atoms with E-state index in [4.69, 9.17) is 4.42 Å². The Morgan fingerprint density at radius 2 is 2.17 bits per heavy atom. The molecule has 0 aliphatic carbocycles. The van der Waals surface area contributed by atoms with E-state index in [-0.39, 0.29) is 17.7 Å². The maximum Gasteiger partial charge on any atom is 0.289 e. The number of hydrogen-bond acceptors (Lipinski definition) is 4. The molecule has 1 saturated heterocycles. The molecule has 1 fully saturated rings. The molecule has 1 N–H and O–H groups in total. The Kier molecular flexibility index (Phi) is 4.41. The molecule has 6 nitrogen and oxygen atoms in total. The number of rotatable bonds is 3. The number of pyridine rings is 1. The summed E-state index contributed by atoms with van der Waals surface area (Å²) in [6, 6.07) is 8.82. The van der Waals surface area contributed by atoms with Gasteiger partial charge >= 0.3 is 0 Å². The Bertz CT molecular complexity index is 697. The van der Waals surface area contributed by atoms with Crippen LogP contribution in [0.2, 0.25) is 0 Å². The quantitative estimate of drug-likeness (QED) is 0.944. The summed E-state index contributed by atoms with van der Waals surface area (Å²) in [6.45, 7) is 2.92. The third-order valence-electron chi connectivity index (χ3n) is 3.95. The number of nitrogens with zero attached hydrogens (tertiary/aromatic N) is 2. The van der Waals surface area contributed by atoms with Crippen molar-refractivity contribution in [2.45, 2.75) is 19.8 Å². The highest BCUT2D eigenvalue weighted by atomic mass is 16.3. The number of aryl methyl sites for hydroxylation is 1. The van der Waals surface area contributed by atoms with Crippen molar-refractivity contribution in [1.29, 1.82) is 0 Å². The first-order valence-corrected chi connectivity index (χ1v) is 7.71. The SMILES string of the molecule is Cc1cccc(NC(=O)C2CCCN(C(=O)c3ccco3)C2)n1. The third-order valence-corrected chi connectivity index (χ3v) is 3.95. The van der Waals surface area contributed by atoms with Gasteiger partial charge in [0.2, 0.25) is 5.91 Å². The number of furan rings is 1. The average molecular weight is 313 g/mol. The molecule has 1 atom stereocenters. The van der Waals surface area contributed by atoms with E-state index in [1.165, 1.54) is 6.26 Å². The molecule has 3 heterocycles. The van der Waals surface area contributed by atoms with Crippen LogP contribution in [0, 0.1) is 12.8 Å². The predicted molar refractivity (Wildman–Crippen MR) is 84.9 cm³/mol. The highest BCUT2D eigenvalue weighted by Crippen LogP contribution is 2.20. The summed E-state index contributed by atoms with van der Waals surface area (Å²) in [5.41, 5.74) is 0.848. The van der Waals surface area contributed by atoms with Gasteiger partial charge in [0.1, 0.15) is 5.82 Å². The first-order valence-electron chi connectivity index (χ1n) is 7.71. The lowest BCUT2D eigenvalue weighted by molar-refractivity contribution is -0.121. The lowest BCUT2D eigenvalue weighted by Gasteiger charge is -2.31. The van der Waals surface area contributed by atoms with Gasteiger partial charge in [0.05, 0.1) is 12.2 Å². The van der Waals surface area contributed by atoms with Gasteiger partial charge in [-0.2, -0.15) is 0 Å². The normalized spacial score (nSPS) is 17.8. The van der Waals surface area contributed by atoms with Crippen LogP contribution in [-0.2, 0) is 4.79 Å². The van der Waals surface area contributed by atoms with Crippen molar-refractivity contribution in [1.82, 2.24) is 9.88 Å². The van der Waals surface area contributed by atoms with Gasteiger partial charge in [-0.1, -0.05) is 6.07 Å². The maximum absolute atomic E-state index is 12.4. The van der Waals surface area contributed by atoms with Crippen LogP contribution in [0.1, 0.15) is 29.1 Å². The van der Waals surface area contributed by atoms with E-state index in [0.717, 1.165) is 18.5 Å². The summed E-state index contributed by atoms with van der Waals surface area (Å²) in [6.07, 6.45) is 3.04. The van der Waals surface area contributed by atoms with Crippen LogP contribution in [0.25, 0.3) is 0 Å². The van der Waals surface area contributed by atoms with Gasteiger partial charge in [0.15, 0.2) is 5.76 Å². The summed E-state index contributed by atoms with van der Waals surface area (Å²) in [4.78, 5) is 30.7. The van der Waals surface area contributed by atoms with E-state index in [9.17, 15) is 9.59 Å². The van der Waals surface area contributed by atoms with Crippen molar-refractivity contribution in [3.05, 3.63) is 48.0 Å². The molecule has 3 rings (SSSR count). The van der Waals surface area contributed by atoms with Crippen molar-refractivity contribution in [2.75, 3.05) is 18.4 Å². The van der Waals surface area contributed by atoms with Crippen LogP contribution in [-0.4, -0.2) is 34.8 Å². The van der Waals surface area contributed by atoms with Crippen molar-refractivity contribution in [3.63, 3.8) is 0 Å². The van der Waals surface area contributed by atoms with E-state index >= 15 is 0 Å². The zero-order valence-corrected chi connectivity index (χ0v) is 13.0. The molecule has 2 aromatic heterocycles. The summed E-state index contributed by atoms with van der Waals surface area (Å²) >= 11 is 0. The van der Waals surface area contributed by atoms with Crippen LogP contribution in [0.4, 0.5) is 5.82 Å². The van der Waals surface area contributed by atoms with Crippen LogP contribution in [0.5, 0.6) is 0 Å². The standard InChI is InChI=1S/C17H19N3O3/c1-12-5-2-8-15(18-12)19-16(21)13-6-3-9-20(11-13)17(22)14-7-4-10-23-14/h2,4-5,7-8,10,13H,3,6,9,11H2,1H3,(H,18,19,21). The topological polar surface area (TPSA) is 75.4 Å².